The van der Waals surface area contributed by atoms with Crippen LogP contribution in [0, 0.1) is 0 Å². The van der Waals surface area contributed by atoms with Crippen LogP contribution in [0.1, 0.15) is 107 Å². The molecule has 2 fully saturated rings. The summed E-state index contributed by atoms with van der Waals surface area (Å²) >= 11 is 0. The SMILES string of the molecule is CC(C)NC(=O)OC1CCC(c2cc(Nc3cccc4c3CCNS4(=O)=O)n[nH]2)CC1.CC(C)NC(=O)O[C@@H]1CC[C@H](c2cc(Nc3cccc4c3CCNS4(=O)=O)n[nH]2)C1. The number of anilines is 4. The Hall–Kier alpha value is -5.18. The number of carbonyl (C=O) groups is 2. The van der Waals surface area contributed by atoms with Crippen LogP contribution in [0.25, 0.3) is 0 Å². The first kappa shape index (κ1) is 43.9. The number of aromatic amines is 2. The van der Waals surface area contributed by atoms with Crippen molar-refractivity contribution in [3.05, 3.63) is 71.0 Å². The molecule has 4 aromatic rings. The van der Waals surface area contributed by atoms with Gasteiger partial charge in [0.25, 0.3) is 0 Å². The van der Waals surface area contributed by atoms with Crippen molar-refractivity contribution < 1.29 is 35.9 Å². The maximum absolute atomic E-state index is 12.2. The molecule has 61 heavy (non-hydrogen) atoms. The van der Waals surface area contributed by atoms with Crippen LogP contribution in [0.4, 0.5) is 32.6 Å². The van der Waals surface area contributed by atoms with Crippen LogP contribution in [0.5, 0.6) is 0 Å². The minimum atomic E-state index is -3.45. The van der Waals surface area contributed by atoms with E-state index in [0.717, 1.165) is 78.8 Å². The lowest BCUT2D eigenvalue weighted by molar-refractivity contribution is 0.0696. The van der Waals surface area contributed by atoms with Gasteiger partial charge in [-0.15, -0.1) is 0 Å². The van der Waals surface area contributed by atoms with Gasteiger partial charge in [-0.2, -0.15) is 10.2 Å². The second-order valence-corrected chi connectivity index (χ2v) is 20.0. The molecule has 0 bridgehead atoms. The maximum atomic E-state index is 12.2. The molecular formula is C41H56N10O8S2. The van der Waals surface area contributed by atoms with Gasteiger partial charge in [0.15, 0.2) is 11.6 Å². The zero-order valence-corrected chi connectivity index (χ0v) is 36.5. The molecule has 18 nitrogen and oxygen atoms in total. The van der Waals surface area contributed by atoms with E-state index in [1.807, 2.05) is 52.0 Å². The highest BCUT2D eigenvalue weighted by atomic mass is 32.2. The molecule has 20 heteroatoms. The number of nitrogens with zero attached hydrogens (tertiary/aromatic N) is 2. The summed E-state index contributed by atoms with van der Waals surface area (Å²) in [6.07, 6.45) is 6.28. The van der Waals surface area contributed by atoms with Gasteiger partial charge in [0.2, 0.25) is 20.0 Å². The fourth-order valence-electron chi connectivity index (χ4n) is 8.32. The highest BCUT2D eigenvalue weighted by molar-refractivity contribution is 7.90. The third kappa shape index (κ3) is 11.0. The van der Waals surface area contributed by atoms with Crippen molar-refractivity contribution in [2.45, 2.75) is 131 Å². The van der Waals surface area contributed by atoms with Gasteiger partial charge in [0.05, 0.1) is 9.79 Å². The first-order valence-electron chi connectivity index (χ1n) is 21.0. The van der Waals surface area contributed by atoms with Crippen LogP contribution < -0.4 is 30.7 Å². The molecule has 8 rings (SSSR count). The number of rotatable bonds is 10. The summed E-state index contributed by atoms with van der Waals surface area (Å²) in [7, 11) is -6.90. The van der Waals surface area contributed by atoms with Crippen LogP contribution in [0.3, 0.4) is 0 Å². The topological polar surface area (TPSA) is 250 Å². The maximum Gasteiger partial charge on any atom is 0.407 e. The van der Waals surface area contributed by atoms with Gasteiger partial charge in [-0.25, -0.2) is 35.9 Å². The number of nitrogens with one attached hydrogen (secondary N) is 8. The van der Waals surface area contributed by atoms with Crippen molar-refractivity contribution in [3.63, 3.8) is 0 Å². The molecule has 0 saturated heterocycles. The van der Waals surface area contributed by atoms with Gasteiger partial charge in [-0.05, 0) is 121 Å². The first-order chi connectivity index (χ1) is 29.1. The highest BCUT2D eigenvalue weighted by Crippen LogP contribution is 2.38. The summed E-state index contributed by atoms with van der Waals surface area (Å²) in [5, 5.41) is 26.9. The molecule has 2 aromatic carbocycles. The number of aromatic nitrogens is 4. The Morgan fingerprint density at radius 1 is 0.639 bits per heavy atom. The van der Waals surface area contributed by atoms with Gasteiger partial charge < -0.3 is 30.7 Å². The summed E-state index contributed by atoms with van der Waals surface area (Å²) in [5.74, 6) is 1.86. The number of alkyl carbamates (subject to hydrolysis) is 2. The Labute approximate surface area is 356 Å². The Kier molecular flexibility index (Phi) is 13.6. The zero-order chi connectivity index (χ0) is 43.3. The number of benzene rings is 2. The van der Waals surface area contributed by atoms with Crippen molar-refractivity contribution in [2.75, 3.05) is 23.7 Å². The van der Waals surface area contributed by atoms with E-state index in [4.69, 9.17) is 9.47 Å². The fraction of sp³-hybridized carbons (Fsp3) is 0.512. The van der Waals surface area contributed by atoms with Gasteiger partial charge in [-0.3, -0.25) is 10.2 Å². The second kappa shape index (κ2) is 18.8. The van der Waals surface area contributed by atoms with Crippen molar-refractivity contribution in [1.29, 1.82) is 0 Å². The van der Waals surface area contributed by atoms with E-state index >= 15 is 0 Å². The predicted molar refractivity (Wildman–Crippen MR) is 229 cm³/mol. The lowest BCUT2D eigenvalue weighted by Gasteiger charge is -2.27. The monoisotopic (exact) mass is 880 g/mol. The van der Waals surface area contributed by atoms with Crippen LogP contribution in [0.2, 0.25) is 0 Å². The lowest BCUT2D eigenvalue weighted by atomic mass is 9.85. The van der Waals surface area contributed by atoms with E-state index in [-0.39, 0.29) is 42.4 Å². The first-order valence-corrected chi connectivity index (χ1v) is 23.9. The highest BCUT2D eigenvalue weighted by Gasteiger charge is 2.31. The lowest BCUT2D eigenvalue weighted by Crippen LogP contribution is -2.34. The number of ether oxygens (including phenoxy) is 2. The smallest absolute Gasteiger partial charge is 0.407 e. The average Bonchev–Trinajstić information content (AvgIpc) is 3.97. The molecule has 2 atom stereocenters. The van der Waals surface area contributed by atoms with E-state index in [1.165, 1.54) is 0 Å². The van der Waals surface area contributed by atoms with E-state index < -0.39 is 20.0 Å². The number of hydrogen-bond acceptors (Lipinski definition) is 12. The Bertz CT molecular complexity index is 2410. The molecule has 4 heterocycles. The van der Waals surface area contributed by atoms with Gasteiger partial charge in [0, 0.05) is 71.9 Å². The third-order valence-electron chi connectivity index (χ3n) is 11.2. The number of carbonyl (C=O) groups excluding carboxylic acids is 2. The molecule has 2 aromatic heterocycles. The fourth-order valence-corrected chi connectivity index (χ4v) is 11.0. The average molecular weight is 881 g/mol. The van der Waals surface area contributed by atoms with Crippen LogP contribution >= 0.6 is 0 Å². The third-order valence-corrected chi connectivity index (χ3v) is 14.3. The standard InChI is InChI=1S/C21H29N5O4S.C20H27N5O4S/c1-13(2)23-21(27)30-15-8-6-14(7-9-15)18-12-20(26-25-18)24-17-4-3-5-19-16(17)10-11-22-31(19,28)29;1-12(2)22-20(26)29-14-7-6-13(10-14)17-11-19(25-24-17)23-16-4-3-5-18-15(16)8-9-21-30(18,27)28/h3-5,12-15,22H,6-11H2,1-2H3,(H,23,27)(H2,24,25,26);3-5,11-14,21H,6-10H2,1-2H3,(H,22,26)(H2,23,24,25)/t;13-,14+/m.0/s1. The number of amides is 2. The van der Waals surface area contributed by atoms with Crippen molar-refractivity contribution in [1.82, 2.24) is 40.5 Å². The summed E-state index contributed by atoms with van der Waals surface area (Å²) in [6.45, 7) is 8.38. The predicted octanol–water partition coefficient (Wildman–Crippen LogP) is 5.91. The van der Waals surface area contributed by atoms with Crippen molar-refractivity contribution in [2.24, 2.45) is 0 Å². The van der Waals surface area contributed by atoms with E-state index in [9.17, 15) is 26.4 Å². The van der Waals surface area contributed by atoms with Gasteiger partial charge in [0.1, 0.15) is 12.2 Å². The van der Waals surface area contributed by atoms with Crippen molar-refractivity contribution >= 4 is 55.2 Å². The molecule has 2 aliphatic carbocycles. The van der Waals surface area contributed by atoms with Crippen LogP contribution in [-0.2, 0) is 42.4 Å². The van der Waals surface area contributed by atoms with Gasteiger partial charge in [-0.1, -0.05) is 12.1 Å². The molecule has 330 valence electrons. The zero-order valence-electron chi connectivity index (χ0n) is 34.8. The molecule has 2 aliphatic heterocycles. The largest absolute Gasteiger partial charge is 0.446 e. The molecule has 0 spiro atoms. The van der Waals surface area contributed by atoms with E-state index in [0.29, 0.717) is 53.3 Å². The molecular weight excluding hydrogens is 825 g/mol. The minimum absolute atomic E-state index is 0.0467. The summed E-state index contributed by atoms with van der Waals surface area (Å²) < 4.78 is 65.0. The minimum Gasteiger partial charge on any atom is -0.446 e. The number of sulfonamides is 2. The molecule has 0 unspecified atom stereocenters. The summed E-state index contributed by atoms with van der Waals surface area (Å²) in [4.78, 5) is 24.2. The number of fused-ring (bicyclic) bond motifs is 2. The Morgan fingerprint density at radius 2 is 1.08 bits per heavy atom. The number of hydrogen-bond donors (Lipinski definition) is 8. The summed E-state index contributed by atoms with van der Waals surface area (Å²) in [6, 6.07) is 14.5. The number of H-pyrrole nitrogens is 2. The molecule has 4 aliphatic rings. The second-order valence-electron chi connectivity index (χ2n) is 16.5. The molecule has 8 N–H and O–H groups in total. The Balaban J connectivity index is 0.000000184. The van der Waals surface area contributed by atoms with Crippen LogP contribution in [-0.4, -0.2) is 86.8 Å². The molecule has 2 amide bonds. The Morgan fingerprint density at radius 3 is 1.57 bits per heavy atom. The van der Waals surface area contributed by atoms with Gasteiger partial charge >= 0.3 is 12.2 Å². The van der Waals surface area contributed by atoms with Crippen LogP contribution in [0.15, 0.2) is 58.3 Å². The normalized spacial score (nSPS) is 22.5. The molecule has 2 saturated carbocycles. The van der Waals surface area contributed by atoms with E-state index in [2.05, 4.69) is 51.1 Å². The summed E-state index contributed by atoms with van der Waals surface area (Å²) in [5.41, 5.74) is 5.07. The molecule has 0 radical (unpaired) electrons. The van der Waals surface area contributed by atoms with E-state index in [1.54, 1.807) is 24.3 Å². The van der Waals surface area contributed by atoms with Crippen molar-refractivity contribution in [3.8, 4) is 0 Å². The quantitative estimate of drug-likeness (QED) is 0.0927.